The number of hydrogen-bond acceptors (Lipinski definition) is 3. The lowest BCUT2D eigenvalue weighted by molar-refractivity contribution is -0.137. The number of carboxylic acid groups (broad SMARTS) is 1. The highest BCUT2D eigenvalue weighted by atomic mass is 32.1. The van der Waals surface area contributed by atoms with E-state index in [1.165, 1.54) is 4.88 Å². The lowest BCUT2D eigenvalue weighted by atomic mass is 10.1. The lowest BCUT2D eigenvalue weighted by Gasteiger charge is -2.07. The van der Waals surface area contributed by atoms with Crippen LogP contribution in [0.3, 0.4) is 0 Å². The maximum atomic E-state index is 11.9. The molecule has 0 saturated carbocycles. The SMILES string of the molecule is O=C(O)CCc1cccc(NC(=O)CCc2cccs2)c1. The zero-order valence-corrected chi connectivity index (χ0v) is 12.4. The third kappa shape index (κ3) is 5.39. The van der Waals surface area contributed by atoms with Gasteiger partial charge in [0.1, 0.15) is 0 Å². The normalized spacial score (nSPS) is 10.3. The van der Waals surface area contributed by atoms with E-state index < -0.39 is 5.97 Å². The molecule has 21 heavy (non-hydrogen) atoms. The molecule has 2 rings (SSSR count). The van der Waals surface area contributed by atoms with Crippen LogP contribution in [-0.4, -0.2) is 17.0 Å². The number of thiophene rings is 1. The second-order valence-corrected chi connectivity index (χ2v) is 5.75. The van der Waals surface area contributed by atoms with E-state index in [0.29, 0.717) is 18.5 Å². The zero-order valence-electron chi connectivity index (χ0n) is 11.5. The number of nitrogens with one attached hydrogen (secondary N) is 1. The lowest BCUT2D eigenvalue weighted by Crippen LogP contribution is -2.12. The van der Waals surface area contributed by atoms with Crippen LogP contribution in [0.4, 0.5) is 5.69 Å². The number of aryl methyl sites for hydroxylation is 2. The van der Waals surface area contributed by atoms with Gasteiger partial charge in [-0.15, -0.1) is 11.3 Å². The Morgan fingerprint density at radius 2 is 1.95 bits per heavy atom. The number of carboxylic acids is 1. The van der Waals surface area contributed by atoms with Crippen molar-refractivity contribution in [3.05, 3.63) is 52.2 Å². The van der Waals surface area contributed by atoms with Crippen LogP contribution < -0.4 is 5.32 Å². The maximum Gasteiger partial charge on any atom is 0.303 e. The molecular formula is C16H17NO3S. The molecule has 1 aromatic carbocycles. The van der Waals surface area contributed by atoms with Crippen LogP contribution in [-0.2, 0) is 22.4 Å². The summed E-state index contributed by atoms with van der Waals surface area (Å²) in [6.07, 6.45) is 1.74. The van der Waals surface area contributed by atoms with Gasteiger partial charge in [0.15, 0.2) is 0 Å². The Kier molecular flexibility index (Phi) is 5.51. The van der Waals surface area contributed by atoms with Crippen molar-refractivity contribution in [1.82, 2.24) is 0 Å². The van der Waals surface area contributed by atoms with E-state index in [-0.39, 0.29) is 12.3 Å². The molecule has 5 heteroatoms. The van der Waals surface area contributed by atoms with Crippen LogP contribution in [0.25, 0.3) is 0 Å². The molecule has 0 aliphatic carbocycles. The number of carbonyl (C=O) groups is 2. The quantitative estimate of drug-likeness (QED) is 0.824. The molecule has 0 aliphatic heterocycles. The van der Waals surface area contributed by atoms with Gasteiger partial charge in [0.25, 0.3) is 0 Å². The van der Waals surface area contributed by atoms with E-state index in [1.54, 1.807) is 11.3 Å². The van der Waals surface area contributed by atoms with Crippen molar-refractivity contribution in [2.24, 2.45) is 0 Å². The Bertz CT molecular complexity index is 608. The van der Waals surface area contributed by atoms with Gasteiger partial charge in [-0.2, -0.15) is 0 Å². The second kappa shape index (κ2) is 7.59. The maximum absolute atomic E-state index is 11.9. The minimum atomic E-state index is -0.819. The largest absolute Gasteiger partial charge is 0.481 e. The van der Waals surface area contributed by atoms with Gasteiger partial charge in [-0.3, -0.25) is 9.59 Å². The Hall–Kier alpha value is -2.14. The average molecular weight is 303 g/mol. The molecule has 1 amide bonds. The van der Waals surface area contributed by atoms with Crippen molar-refractivity contribution < 1.29 is 14.7 Å². The molecule has 1 heterocycles. The van der Waals surface area contributed by atoms with Gasteiger partial charge < -0.3 is 10.4 Å². The number of anilines is 1. The van der Waals surface area contributed by atoms with Crippen molar-refractivity contribution in [2.75, 3.05) is 5.32 Å². The van der Waals surface area contributed by atoms with E-state index >= 15 is 0 Å². The van der Waals surface area contributed by atoms with Crippen molar-refractivity contribution >= 4 is 28.9 Å². The Morgan fingerprint density at radius 1 is 1.10 bits per heavy atom. The molecule has 2 aromatic rings. The highest BCUT2D eigenvalue weighted by molar-refractivity contribution is 7.09. The molecular weight excluding hydrogens is 286 g/mol. The highest BCUT2D eigenvalue weighted by Gasteiger charge is 2.05. The molecule has 0 radical (unpaired) electrons. The van der Waals surface area contributed by atoms with Gasteiger partial charge in [0, 0.05) is 23.4 Å². The third-order valence-electron chi connectivity index (χ3n) is 3.02. The molecule has 0 spiro atoms. The van der Waals surface area contributed by atoms with Crippen molar-refractivity contribution in [2.45, 2.75) is 25.7 Å². The standard InChI is InChI=1S/C16H17NO3S/c18-15(8-7-14-5-2-10-21-14)17-13-4-1-3-12(11-13)6-9-16(19)20/h1-5,10-11H,6-9H2,(H,17,18)(H,19,20). The summed E-state index contributed by atoms with van der Waals surface area (Å²) in [6, 6.07) is 11.3. The van der Waals surface area contributed by atoms with E-state index in [2.05, 4.69) is 5.32 Å². The van der Waals surface area contributed by atoms with Gasteiger partial charge >= 0.3 is 5.97 Å². The molecule has 0 fully saturated rings. The Balaban J connectivity index is 1.85. The minimum Gasteiger partial charge on any atom is -0.481 e. The fourth-order valence-electron chi connectivity index (χ4n) is 1.97. The summed E-state index contributed by atoms with van der Waals surface area (Å²) in [7, 11) is 0. The van der Waals surface area contributed by atoms with Crippen molar-refractivity contribution in [3.63, 3.8) is 0 Å². The van der Waals surface area contributed by atoms with Gasteiger partial charge in [-0.05, 0) is 42.0 Å². The molecule has 2 N–H and O–H groups in total. The number of amides is 1. The first-order chi connectivity index (χ1) is 10.1. The highest BCUT2D eigenvalue weighted by Crippen LogP contribution is 2.14. The Labute approximate surface area is 127 Å². The monoisotopic (exact) mass is 303 g/mol. The van der Waals surface area contributed by atoms with Crippen LogP contribution in [0, 0.1) is 0 Å². The van der Waals surface area contributed by atoms with Gasteiger partial charge in [-0.1, -0.05) is 18.2 Å². The zero-order chi connectivity index (χ0) is 15.1. The number of aliphatic carboxylic acids is 1. The van der Waals surface area contributed by atoms with E-state index in [0.717, 1.165) is 12.0 Å². The number of rotatable bonds is 7. The molecule has 1 aromatic heterocycles. The van der Waals surface area contributed by atoms with Crippen LogP contribution in [0.2, 0.25) is 0 Å². The Morgan fingerprint density at radius 3 is 2.67 bits per heavy atom. The van der Waals surface area contributed by atoms with Gasteiger partial charge in [0.05, 0.1) is 0 Å². The minimum absolute atomic E-state index is 0.0289. The van der Waals surface area contributed by atoms with Gasteiger partial charge in [-0.25, -0.2) is 0 Å². The number of benzene rings is 1. The molecule has 0 bridgehead atoms. The van der Waals surface area contributed by atoms with Crippen molar-refractivity contribution in [3.8, 4) is 0 Å². The number of hydrogen-bond donors (Lipinski definition) is 2. The summed E-state index contributed by atoms with van der Waals surface area (Å²) in [4.78, 5) is 23.6. The molecule has 0 saturated heterocycles. The topological polar surface area (TPSA) is 66.4 Å². The van der Waals surface area contributed by atoms with Crippen LogP contribution in [0.1, 0.15) is 23.3 Å². The number of carbonyl (C=O) groups excluding carboxylic acids is 1. The van der Waals surface area contributed by atoms with E-state index in [4.69, 9.17) is 5.11 Å². The van der Waals surface area contributed by atoms with Gasteiger partial charge in [0.2, 0.25) is 5.91 Å². The molecule has 110 valence electrons. The van der Waals surface area contributed by atoms with Crippen LogP contribution >= 0.6 is 11.3 Å². The summed E-state index contributed by atoms with van der Waals surface area (Å²) in [5.41, 5.74) is 1.63. The fourth-order valence-corrected chi connectivity index (χ4v) is 2.68. The van der Waals surface area contributed by atoms with E-state index in [9.17, 15) is 9.59 Å². The summed E-state index contributed by atoms with van der Waals surface area (Å²) in [5.74, 6) is -0.848. The molecule has 0 atom stereocenters. The first kappa shape index (κ1) is 15.3. The summed E-state index contributed by atoms with van der Waals surface area (Å²) in [6.45, 7) is 0. The predicted molar refractivity (Wildman–Crippen MR) is 83.7 cm³/mol. The summed E-state index contributed by atoms with van der Waals surface area (Å²) < 4.78 is 0. The summed E-state index contributed by atoms with van der Waals surface area (Å²) >= 11 is 1.65. The second-order valence-electron chi connectivity index (χ2n) is 4.72. The van der Waals surface area contributed by atoms with Crippen molar-refractivity contribution in [1.29, 1.82) is 0 Å². The third-order valence-corrected chi connectivity index (χ3v) is 3.95. The molecule has 4 nitrogen and oxygen atoms in total. The molecule has 0 aliphatic rings. The fraction of sp³-hybridized carbons (Fsp3) is 0.250. The smallest absolute Gasteiger partial charge is 0.303 e. The first-order valence-corrected chi connectivity index (χ1v) is 7.64. The molecule has 0 unspecified atom stereocenters. The average Bonchev–Trinajstić information content (AvgIpc) is 2.97. The van der Waals surface area contributed by atoms with Crippen LogP contribution in [0.15, 0.2) is 41.8 Å². The summed E-state index contributed by atoms with van der Waals surface area (Å²) in [5, 5.41) is 13.5. The van der Waals surface area contributed by atoms with Crippen LogP contribution in [0.5, 0.6) is 0 Å². The van der Waals surface area contributed by atoms with E-state index in [1.807, 2.05) is 41.8 Å². The predicted octanol–water partition coefficient (Wildman–Crippen LogP) is 3.34. The first-order valence-electron chi connectivity index (χ1n) is 6.76.